The van der Waals surface area contributed by atoms with Gasteiger partial charge in [-0.2, -0.15) is 5.10 Å². The molecule has 5 nitrogen and oxygen atoms in total. The Bertz CT molecular complexity index is 853. The van der Waals surface area contributed by atoms with Gasteiger partial charge in [0.25, 0.3) is 0 Å². The largest absolute Gasteiger partial charge is 0.274 e. The van der Waals surface area contributed by atoms with Crippen molar-refractivity contribution in [1.29, 1.82) is 0 Å². The van der Waals surface area contributed by atoms with Crippen LogP contribution in [0.3, 0.4) is 0 Å². The van der Waals surface area contributed by atoms with E-state index in [9.17, 15) is 4.79 Å². The Morgan fingerprint density at radius 1 is 1.22 bits per heavy atom. The standard InChI is InChI=1S/C22H32N4O/c1-16(2)15-26-18(4)20(17(3)24-26)14-22(27)25-13-9-8-12-21(25)23-19-10-6-5-7-11-19/h8-9,12-13,16,19H,5-7,10-11,14-15H2,1-4H3. The van der Waals surface area contributed by atoms with Crippen molar-refractivity contribution in [3.63, 3.8) is 0 Å². The van der Waals surface area contributed by atoms with Gasteiger partial charge in [-0.05, 0) is 44.7 Å². The van der Waals surface area contributed by atoms with Crippen LogP contribution < -0.4 is 5.49 Å². The fourth-order valence-electron chi connectivity index (χ4n) is 3.90. The summed E-state index contributed by atoms with van der Waals surface area (Å²) in [5.41, 5.74) is 3.86. The Balaban J connectivity index is 1.85. The zero-order valence-corrected chi connectivity index (χ0v) is 17.1. The van der Waals surface area contributed by atoms with Crippen molar-refractivity contribution < 1.29 is 4.79 Å². The molecule has 0 saturated heterocycles. The lowest BCUT2D eigenvalue weighted by Gasteiger charge is -2.17. The SMILES string of the molecule is Cc1nn(CC(C)C)c(C)c1CC(=O)n1ccccc1=NC1CCCCC1. The van der Waals surface area contributed by atoms with Crippen molar-refractivity contribution in [2.75, 3.05) is 0 Å². The minimum absolute atomic E-state index is 0.0560. The van der Waals surface area contributed by atoms with E-state index in [1.807, 2.05) is 36.0 Å². The molecule has 1 fully saturated rings. The molecule has 2 heterocycles. The van der Waals surface area contributed by atoms with Crippen molar-refractivity contribution in [1.82, 2.24) is 14.3 Å². The monoisotopic (exact) mass is 368 g/mol. The van der Waals surface area contributed by atoms with E-state index >= 15 is 0 Å². The number of aromatic nitrogens is 3. The topological polar surface area (TPSA) is 52.2 Å². The molecule has 0 unspecified atom stereocenters. The van der Waals surface area contributed by atoms with Crippen LogP contribution in [0.5, 0.6) is 0 Å². The summed E-state index contributed by atoms with van der Waals surface area (Å²) < 4.78 is 3.75. The fourth-order valence-corrected chi connectivity index (χ4v) is 3.90. The van der Waals surface area contributed by atoms with E-state index in [4.69, 9.17) is 4.99 Å². The van der Waals surface area contributed by atoms with E-state index in [1.165, 1.54) is 19.3 Å². The summed E-state index contributed by atoms with van der Waals surface area (Å²) in [5.74, 6) is 0.580. The highest BCUT2D eigenvalue weighted by Gasteiger charge is 2.17. The number of hydrogen-bond acceptors (Lipinski definition) is 3. The van der Waals surface area contributed by atoms with Crippen LogP contribution in [0.25, 0.3) is 0 Å². The number of pyridine rings is 1. The summed E-state index contributed by atoms with van der Waals surface area (Å²) in [5, 5.41) is 4.64. The number of carbonyl (C=O) groups excluding carboxylic acids is 1. The highest BCUT2D eigenvalue weighted by atomic mass is 16.2. The molecule has 0 spiro atoms. The summed E-state index contributed by atoms with van der Waals surface area (Å²) in [6.45, 7) is 9.30. The first kappa shape index (κ1) is 19.6. The molecule has 0 atom stereocenters. The van der Waals surface area contributed by atoms with Gasteiger partial charge in [0.15, 0.2) is 0 Å². The van der Waals surface area contributed by atoms with Crippen molar-refractivity contribution in [3.05, 3.63) is 46.8 Å². The summed E-state index contributed by atoms with van der Waals surface area (Å²) in [7, 11) is 0. The van der Waals surface area contributed by atoms with Crippen LogP contribution in [0.1, 0.15) is 67.7 Å². The fraction of sp³-hybridized carbons (Fsp3) is 0.591. The Labute approximate surface area is 162 Å². The molecule has 0 N–H and O–H groups in total. The van der Waals surface area contributed by atoms with Gasteiger partial charge in [0.1, 0.15) is 5.49 Å². The zero-order valence-electron chi connectivity index (χ0n) is 17.1. The van der Waals surface area contributed by atoms with E-state index in [2.05, 4.69) is 25.9 Å². The molecule has 1 saturated carbocycles. The van der Waals surface area contributed by atoms with Gasteiger partial charge >= 0.3 is 0 Å². The Morgan fingerprint density at radius 3 is 2.67 bits per heavy atom. The Hall–Kier alpha value is -2.17. The molecule has 5 heteroatoms. The first-order valence-electron chi connectivity index (χ1n) is 10.2. The van der Waals surface area contributed by atoms with E-state index in [1.54, 1.807) is 4.57 Å². The third kappa shape index (κ3) is 4.76. The number of aryl methyl sites for hydroxylation is 1. The van der Waals surface area contributed by atoms with Crippen LogP contribution in [-0.4, -0.2) is 26.3 Å². The second-order valence-electron chi connectivity index (χ2n) is 8.15. The van der Waals surface area contributed by atoms with Gasteiger partial charge in [-0.3, -0.25) is 19.0 Å². The van der Waals surface area contributed by atoms with Crippen LogP contribution in [0.15, 0.2) is 29.4 Å². The van der Waals surface area contributed by atoms with Crippen LogP contribution >= 0.6 is 0 Å². The summed E-state index contributed by atoms with van der Waals surface area (Å²) >= 11 is 0. The number of nitrogens with zero attached hydrogens (tertiary/aromatic N) is 4. The minimum atomic E-state index is 0.0560. The van der Waals surface area contributed by atoms with Crippen LogP contribution in [0.4, 0.5) is 0 Å². The maximum absolute atomic E-state index is 13.1. The molecule has 3 rings (SSSR count). The van der Waals surface area contributed by atoms with Gasteiger partial charge in [-0.15, -0.1) is 0 Å². The molecular weight excluding hydrogens is 336 g/mol. The molecular formula is C22H32N4O. The third-order valence-corrected chi connectivity index (χ3v) is 5.39. The van der Waals surface area contributed by atoms with E-state index in [0.717, 1.165) is 41.8 Å². The predicted octanol–water partition coefficient (Wildman–Crippen LogP) is 4.07. The molecule has 146 valence electrons. The minimum Gasteiger partial charge on any atom is -0.274 e. The zero-order chi connectivity index (χ0) is 19.4. The van der Waals surface area contributed by atoms with Gasteiger partial charge in [0.2, 0.25) is 5.91 Å². The quantitative estimate of drug-likeness (QED) is 0.799. The molecule has 0 bridgehead atoms. The van der Waals surface area contributed by atoms with Gasteiger partial charge < -0.3 is 0 Å². The van der Waals surface area contributed by atoms with Crippen molar-refractivity contribution in [3.8, 4) is 0 Å². The third-order valence-electron chi connectivity index (χ3n) is 5.39. The Kier molecular flexibility index (Phi) is 6.30. The average Bonchev–Trinajstić information content (AvgIpc) is 2.90. The maximum atomic E-state index is 13.1. The molecule has 2 aromatic heterocycles. The average molecular weight is 369 g/mol. The lowest BCUT2D eigenvalue weighted by molar-refractivity contribution is 0.0907. The number of hydrogen-bond donors (Lipinski definition) is 0. The van der Waals surface area contributed by atoms with Crippen molar-refractivity contribution >= 4 is 5.91 Å². The molecule has 0 aromatic carbocycles. The summed E-state index contributed by atoms with van der Waals surface area (Å²) in [6.07, 6.45) is 8.24. The predicted molar refractivity (Wildman–Crippen MR) is 108 cm³/mol. The van der Waals surface area contributed by atoms with E-state index < -0.39 is 0 Å². The molecule has 0 amide bonds. The molecule has 0 radical (unpaired) electrons. The van der Waals surface area contributed by atoms with E-state index in [0.29, 0.717) is 18.4 Å². The number of carbonyl (C=O) groups is 1. The summed E-state index contributed by atoms with van der Waals surface area (Å²) in [4.78, 5) is 18.0. The van der Waals surface area contributed by atoms with Gasteiger partial charge in [0, 0.05) is 24.0 Å². The highest BCUT2D eigenvalue weighted by Crippen LogP contribution is 2.20. The summed E-state index contributed by atoms with van der Waals surface area (Å²) in [6, 6.07) is 6.16. The van der Waals surface area contributed by atoms with Crippen LogP contribution in [-0.2, 0) is 13.0 Å². The van der Waals surface area contributed by atoms with Gasteiger partial charge in [-0.25, -0.2) is 0 Å². The van der Waals surface area contributed by atoms with Crippen LogP contribution in [0, 0.1) is 19.8 Å². The number of rotatable bonds is 5. The lowest BCUT2D eigenvalue weighted by atomic mass is 9.96. The van der Waals surface area contributed by atoms with Crippen molar-refractivity contribution in [2.45, 2.75) is 78.8 Å². The molecule has 2 aromatic rings. The molecule has 1 aliphatic carbocycles. The Morgan fingerprint density at radius 2 is 1.96 bits per heavy atom. The second-order valence-corrected chi connectivity index (χ2v) is 8.15. The smallest absolute Gasteiger partial charge is 0.236 e. The van der Waals surface area contributed by atoms with Crippen LogP contribution in [0.2, 0.25) is 0 Å². The van der Waals surface area contributed by atoms with E-state index in [-0.39, 0.29) is 5.91 Å². The van der Waals surface area contributed by atoms with Crippen molar-refractivity contribution in [2.24, 2.45) is 10.9 Å². The highest BCUT2D eigenvalue weighted by molar-refractivity contribution is 5.81. The van der Waals surface area contributed by atoms with Gasteiger partial charge in [0.05, 0.1) is 18.2 Å². The molecule has 0 aliphatic heterocycles. The first-order chi connectivity index (χ1) is 13.0. The molecule has 1 aliphatic rings. The second kappa shape index (κ2) is 8.68. The van der Waals surface area contributed by atoms with Gasteiger partial charge in [-0.1, -0.05) is 39.2 Å². The lowest BCUT2D eigenvalue weighted by Crippen LogP contribution is -2.30. The normalized spacial score (nSPS) is 16.3. The maximum Gasteiger partial charge on any atom is 0.236 e. The first-order valence-corrected chi connectivity index (χ1v) is 10.2. The molecule has 27 heavy (non-hydrogen) atoms.